The number of nitrogens with one attached hydrogen (secondary N) is 1. The molecular weight excluding hydrogens is 508 g/mol. The highest BCUT2D eigenvalue weighted by atomic mass is 35.5. The molecule has 0 aliphatic rings. The molecule has 0 fully saturated rings. The van der Waals surface area contributed by atoms with Crippen LogP contribution in [0.4, 0.5) is 5.00 Å². The average molecular weight is 535 g/mol. The molecule has 0 unspecified atom stereocenters. The number of nitrogens with zero attached hydrogens (tertiary/aromatic N) is 3. The molecule has 0 aliphatic carbocycles. The number of ether oxygens (including phenoxy) is 2. The van der Waals surface area contributed by atoms with Crippen molar-refractivity contribution in [2.75, 3.05) is 18.2 Å². The fourth-order valence-electron chi connectivity index (χ4n) is 3.47. The summed E-state index contributed by atoms with van der Waals surface area (Å²) in [5, 5.41) is 13.0. The molecule has 0 saturated carbocycles. The molecule has 0 radical (unpaired) electrons. The number of aromatic nitrogens is 3. The van der Waals surface area contributed by atoms with E-state index in [1.54, 1.807) is 12.1 Å². The lowest BCUT2D eigenvalue weighted by Gasteiger charge is -2.11. The number of benzene rings is 1. The number of hydrogen-bond donors (Lipinski definition) is 1. The molecule has 1 N–H and O–H groups in total. The first-order valence-electron chi connectivity index (χ1n) is 10.8. The summed E-state index contributed by atoms with van der Waals surface area (Å²) in [4.78, 5) is 26.0. The summed E-state index contributed by atoms with van der Waals surface area (Å²) in [7, 11) is 1.33. The standard InChI is InChI=1S/C24H27ClN4O4S2/c1-6-10-29-19(12-33-18-9-8-16(25)11-14(18)3)27-28-24(29)34-13-20(30)26-22-21(23(31)32-5)17(7-2)15(4)35-22/h6,8-9,11H,1,7,10,12-13H2,2-5H3,(H,26,30). The first-order chi connectivity index (χ1) is 16.8. The number of rotatable bonds is 11. The zero-order valence-electron chi connectivity index (χ0n) is 20.0. The Kier molecular flexibility index (Phi) is 9.36. The molecular formula is C24H27ClN4O4S2. The van der Waals surface area contributed by atoms with Gasteiger partial charge in [-0.25, -0.2) is 4.79 Å². The van der Waals surface area contributed by atoms with Crippen LogP contribution in [0.1, 0.15) is 39.1 Å². The lowest BCUT2D eigenvalue weighted by Crippen LogP contribution is -2.17. The van der Waals surface area contributed by atoms with Crippen molar-refractivity contribution in [3.8, 4) is 5.75 Å². The zero-order chi connectivity index (χ0) is 25.5. The summed E-state index contributed by atoms with van der Waals surface area (Å²) in [6, 6.07) is 5.41. The van der Waals surface area contributed by atoms with E-state index < -0.39 is 5.97 Å². The van der Waals surface area contributed by atoms with Gasteiger partial charge in [-0.05, 0) is 49.6 Å². The number of carbonyl (C=O) groups excluding carboxylic acids is 2. The Morgan fingerprint density at radius 3 is 2.74 bits per heavy atom. The zero-order valence-corrected chi connectivity index (χ0v) is 22.4. The number of carbonyl (C=O) groups is 2. The van der Waals surface area contributed by atoms with E-state index in [9.17, 15) is 9.59 Å². The van der Waals surface area contributed by atoms with Crippen LogP contribution in [0.2, 0.25) is 5.02 Å². The second kappa shape index (κ2) is 12.2. The molecule has 186 valence electrons. The molecule has 0 saturated heterocycles. The van der Waals surface area contributed by atoms with Crippen molar-refractivity contribution in [3.63, 3.8) is 0 Å². The maximum atomic E-state index is 12.7. The third-order valence-electron chi connectivity index (χ3n) is 5.14. The third kappa shape index (κ3) is 6.45. The highest BCUT2D eigenvalue weighted by Crippen LogP contribution is 2.34. The van der Waals surface area contributed by atoms with Gasteiger partial charge in [0.05, 0.1) is 18.4 Å². The van der Waals surface area contributed by atoms with Crippen molar-refractivity contribution in [3.05, 3.63) is 63.3 Å². The first-order valence-corrected chi connectivity index (χ1v) is 13.0. The van der Waals surface area contributed by atoms with E-state index in [2.05, 4.69) is 22.1 Å². The van der Waals surface area contributed by atoms with Crippen LogP contribution in [0.3, 0.4) is 0 Å². The molecule has 2 aromatic heterocycles. The van der Waals surface area contributed by atoms with Gasteiger partial charge in [0.15, 0.2) is 11.0 Å². The molecule has 0 spiro atoms. The minimum absolute atomic E-state index is 0.0887. The number of anilines is 1. The van der Waals surface area contributed by atoms with Gasteiger partial charge in [-0.3, -0.25) is 9.36 Å². The van der Waals surface area contributed by atoms with Crippen LogP contribution < -0.4 is 10.1 Å². The van der Waals surface area contributed by atoms with Crippen molar-refractivity contribution >= 4 is 51.6 Å². The minimum atomic E-state index is -0.458. The van der Waals surface area contributed by atoms with E-state index in [0.717, 1.165) is 16.0 Å². The molecule has 2 heterocycles. The van der Waals surface area contributed by atoms with Crippen molar-refractivity contribution in [2.24, 2.45) is 0 Å². The number of amides is 1. The van der Waals surface area contributed by atoms with Crippen LogP contribution in [0.15, 0.2) is 36.0 Å². The monoisotopic (exact) mass is 534 g/mol. The SMILES string of the molecule is C=CCn1c(COc2ccc(Cl)cc2C)nnc1SCC(=O)Nc1sc(C)c(CC)c1C(=O)OC. The summed E-state index contributed by atoms with van der Waals surface area (Å²) in [6.07, 6.45) is 2.40. The summed E-state index contributed by atoms with van der Waals surface area (Å²) in [5.41, 5.74) is 2.22. The highest BCUT2D eigenvalue weighted by Gasteiger charge is 2.23. The molecule has 8 nitrogen and oxygen atoms in total. The van der Waals surface area contributed by atoms with E-state index in [1.165, 1.54) is 30.2 Å². The number of allylic oxidation sites excluding steroid dienone is 1. The number of methoxy groups -OCH3 is 1. The largest absolute Gasteiger partial charge is 0.485 e. The Hall–Kier alpha value is -2.82. The van der Waals surface area contributed by atoms with E-state index in [0.29, 0.717) is 45.3 Å². The van der Waals surface area contributed by atoms with E-state index >= 15 is 0 Å². The lowest BCUT2D eigenvalue weighted by molar-refractivity contribution is -0.113. The molecule has 0 bridgehead atoms. The van der Waals surface area contributed by atoms with Crippen LogP contribution in [0.5, 0.6) is 5.75 Å². The number of hydrogen-bond acceptors (Lipinski definition) is 8. The smallest absolute Gasteiger partial charge is 0.341 e. The predicted octanol–water partition coefficient (Wildman–Crippen LogP) is 5.45. The minimum Gasteiger partial charge on any atom is -0.485 e. The number of thiophene rings is 1. The van der Waals surface area contributed by atoms with Crippen LogP contribution >= 0.6 is 34.7 Å². The highest BCUT2D eigenvalue weighted by molar-refractivity contribution is 7.99. The third-order valence-corrected chi connectivity index (χ3v) is 7.40. The van der Waals surface area contributed by atoms with Gasteiger partial charge in [-0.15, -0.1) is 28.1 Å². The molecule has 1 aromatic carbocycles. The molecule has 1 amide bonds. The molecule has 3 aromatic rings. The van der Waals surface area contributed by atoms with Crippen molar-refractivity contribution < 1.29 is 19.1 Å². The van der Waals surface area contributed by atoms with Gasteiger partial charge >= 0.3 is 5.97 Å². The van der Waals surface area contributed by atoms with Gasteiger partial charge in [0.25, 0.3) is 0 Å². The topological polar surface area (TPSA) is 95.3 Å². The van der Waals surface area contributed by atoms with Crippen molar-refractivity contribution in [2.45, 2.75) is 45.5 Å². The number of aryl methyl sites for hydroxylation is 2. The fourth-order valence-corrected chi connectivity index (χ4v) is 5.61. The Morgan fingerprint density at radius 2 is 2.09 bits per heavy atom. The first kappa shape index (κ1) is 26.8. The lowest BCUT2D eigenvalue weighted by atomic mass is 10.1. The average Bonchev–Trinajstić information content (AvgIpc) is 3.36. The van der Waals surface area contributed by atoms with E-state index in [4.69, 9.17) is 21.1 Å². The molecule has 11 heteroatoms. The quantitative estimate of drug-likeness (QED) is 0.198. The summed E-state index contributed by atoms with van der Waals surface area (Å²) in [6.45, 7) is 10.3. The van der Waals surface area contributed by atoms with Crippen LogP contribution in [0.25, 0.3) is 0 Å². The number of halogens is 1. The van der Waals surface area contributed by atoms with Gasteiger partial charge in [0, 0.05) is 16.4 Å². The molecule has 0 atom stereocenters. The van der Waals surface area contributed by atoms with Crippen LogP contribution in [0, 0.1) is 13.8 Å². The second-order valence-electron chi connectivity index (χ2n) is 7.52. The Balaban J connectivity index is 1.69. The molecule has 35 heavy (non-hydrogen) atoms. The van der Waals surface area contributed by atoms with Gasteiger partial charge < -0.3 is 14.8 Å². The molecule has 0 aliphatic heterocycles. The van der Waals surface area contributed by atoms with Crippen molar-refractivity contribution in [1.29, 1.82) is 0 Å². The molecule has 3 rings (SSSR count). The fraction of sp³-hybridized carbons (Fsp3) is 0.333. The van der Waals surface area contributed by atoms with Gasteiger partial charge in [-0.2, -0.15) is 0 Å². The Morgan fingerprint density at radius 1 is 1.31 bits per heavy atom. The normalized spacial score (nSPS) is 10.8. The Labute approximate surface area is 217 Å². The van der Waals surface area contributed by atoms with E-state index in [-0.39, 0.29) is 18.3 Å². The van der Waals surface area contributed by atoms with Gasteiger partial charge in [0.1, 0.15) is 17.4 Å². The summed E-state index contributed by atoms with van der Waals surface area (Å²) < 4.78 is 12.7. The van der Waals surface area contributed by atoms with Gasteiger partial charge in [0.2, 0.25) is 5.91 Å². The Bertz CT molecular complexity index is 1240. The van der Waals surface area contributed by atoms with E-state index in [1.807, 2.05) is 37.5 Å². The number of thioether (sulfide) groups is 1. The number of esters is 1. The summed E-state index contributed by atoms with van der Waals surface area (Å²) in [5.74, 6) is 0.685. The summed E-state index contributed by atoms with van der Waals surface area (Å²) >= 11 is 8.62. The van der Waals surface area contributed by atoms with Crippen molar-refractivity contribution in [1.82, 2.24) is 14.8 Å². The maximum Gasteiger partial charge on any atom is 0.341 e. The van der Waals surface area contributed by atoms with Crippen LogP contribution in [-0.2, 0) is 29.1 Å². The van der Waals surface area contributed by atoms with Crippen LogP contribution in [-0.4, -0.2) is 39.5 Å². The second-order valence-corrected chi connectivity index (χ2v) is 10.1. The van der Waals surface area contributed by atoms with Gasteiger partial charge in [-0.1, -0.05) is 36.4 Å². The maximum absolute atomic E-state index is 12.7. The predicted molar refractivity (Wildman–Crippen MR) is 140 cm³/mol.